The smallest absolute Gasteiger partial charge is 0.158 e. The Morgan fingerprint density at radius 3 is 2.37 bits per heavy atom. The minimum atomic E-state index is 0.336. The van der Waals surface area contributed by atoms with Gasteiger partial charge in [-0.05, 0) is 31.2 Å². The van der Waals surface area contributed by atoms with E-state index in [1.54, 1.807) is 14.0 Å². The summed E-state index contributed by atoms with van der Waals surface area (Å²) in [7, 11) is 3.49. The minimum Gasteiger partial charge on any atom is -0.497 e. The molecular weight excluding hydrogens is 264 g/mol. The highest BCUT2D eigenvalue weighted by atomic mass is 35.5. The first-order valence-electron chi connectivity index (χ1n) is 5.70. The molecular formula is C13H15ClN4O. The van der Waals surface area contributed by atoms with Crippen molar-refractivity contribution >= 4 is 28.8 Å². The average Bonchev–Trinajstić information content (AvgIpc) is 2.37. The average molecular weight is 279 g/mol. The summed E-state index contributed by atoms with van der Waals surface area (Å²) in [6.07, 6.45) is 0. The number of hydrogen-bond acceptors (Lipinski definition) is 5. The molecule has 5 nitrogen and oxygen atoms in total. The Labute approximate surface area is 117 Å². The second-order valence-corrected chi connectivity index (χ2v) is 4.41. The van der Waals surface area contributed by atoms with Crippen LogP contribution >= 0.6 is 11.6 Å². The fourth-order valence-electron chi connectivity index (χ4n) is 1.80. The lowest BCUT2D eigenvalue weighted by Crippen LogP contribution is -2.14. The van der Waals surface area contributed by atoms with Crippen LogP contribution < -0.4 is 15.4 Å². The molecule has 1 aromatic heterocycles. The third-order valence-electron chi connectivity index (χ3n) is 2.78. The van der Waals surface area contributed by atoms with Gasteiger partial charge in [0.05, 0.1) is 7.11 Å². The molecule has 100 valence electrons. The molecule has 2 aromatic rings. The van der Waals surface area contributed by atoms with Crippen LogP contribution in [-0.2, 0) is 0 Å². The van der Waals surface area contributed by atoms with Gasteiger partial charge in [0.15, 0.2) is 11.0 Å². The highest BCUT2D eigenvalue weighted by molar-refractivity contribution is 6.32. The molecule has 0 saturated carbocycles. The van der Waals surface area contributed by atoms with E-state index in [1.807, 2.05) is 36.2 Å². The molecule has 0 atom stereocenters. The Balaban J connectivity index is 2.40. The highest BCUT2D eigenvalue weighted by Gasteiger charge is 2.15. The Morgan fingerprint density at radius 1 is 1.21 bits per heavy atom. The van der Waals surface area contributed by atoms with Crippen molar-refractivity contribution < 1.29 is 4.74 Å². The first kappa shape index (κ1) is 13.4. The minimum absolute atomic E-state index is 0.336. The van der Waals surface area contributed by atoms with E-state index < -0.39 is 0 Å². The molecule has 0 saturated heterocycles. The maximum absolute atomic E-state index is 6.14. The molecule has 2 N–H and O–H groups in total. The Morgan fingerprint density at radius 2 is 1.84 bits per heavy atom. The number of hydrogen-bond donors (Lipinski definition) is 1. The van der Waals surface area contributed by atoms with Gasteiger partial charge >= 0.3 is 0 Å². The second-order valence-electron chi connectivity index (χ2n) is 4.05. The van der Waals surface area contributed by atoms with E-state index in [4.69, 9.17) is 22.1 Å². The summed E-state index contributed by atoms with van der Waals surface area (Å²) in [5.74, 6) is 1.70. The summed E-state index contributed by atoms with van der Waals surface area (Å²) in [6.45, 7) is 1.75. The van der Waals surface area contributed by atoms with Crippen LogP contribution in [0.1, 0.15) is 5.82 Å². The number of ether oxygens (including phenoxy) is 1. The monoisotopic (exact) mass is 278 g/mol. The predicted octanol–water partition coefficient (Wildman–Crippen LogP) is 2.80. The number of aromatic nitrogens is 2. The van der Waals surface area contributed by atoms with Crippen LogP contribution in [0.25, 0.3) is 0 Å². The molecule has 0 amide bonds. The first-order chi connectivity index (χ1) is 9.02. The van der Waals surface area contributed by atoms with E-state index in [9.17, 15) is 0 Å². The maximum Gasteiger partial charge on any atom is 0.158 e. The van der Waals surface area contributed by atoms with Crippen LogP contribution in [-0.4, -0.2) is 24.1 Å². The zero-order chi connectivity index (χ0) is 14.0. The van der Waals surface area contributed by atoms with E-state index in [1.165, 1.54) is 0 Å². The largest absolute Gasteiger partial charge is 0.497 e. The number of anilines is 3. The first-order valence-corrected chi connectivity index (χ1v) is 6.08. The van der Waals surface area contributed by atoms with E-state index in [-0.39, 0.29) is 0 Å². The Kier molecular flexibility index (Phi) is 3.76. The number of methoxy groups -OCH3 is 1. The topological polar surface area (TPSA) is 64.3 Å². The Hall–Kier alpha value is -2.01. The lowest BCUT2D eigenvalue weighted by molar-refractivity contribution is 0.415. The van der Waals surface area contributed by atoms with Crippen molar-refractivity contribution in [3.8, 4) is 5.75 Å². The van der Waals surface area contributed by atoms with Gasteiger partial charge in [0.25, 0.3) is 0 Å². The van der Waals surface area contributed by atoms with Crippen LogP contribution in [0, 0.1) is 6.92 Å². The van der Waals surface area contributed by atoms with Gasteiger partial charge in [0.1, 0.15) is 17.3 Å². The SMILES string of the molecule is COc1ccc(N(C)c2c(N)nc(C)nc2Cl)cc1. The van der Waals surface area contributed by atoms with Gasteiger partial charge in [-0.15, -0.1) is 0 Å². The van der Waals surface area contributed by atoms with E-state index in [0.717, 1.165) is 11.4 Å². The van der Waals surface area contributed by atoms with E-state index >= 15 is 0 Å². The molecule has 1 aromatic carbocycles. The Bertz CT molecular complexity index is 563. The van der Waals surface area contributed by atoms with Crippen LogP contribution in [0.4, 0.5) is 17.2 Å². The highest BCUT2D eigenvalue weighted by Crippen LogP contribution is 2.33. The molecule has 1 heterocycles. The van der Waals surface area contributed by atoms with Crippen LogP contribution in [0.3, 0.4) is 0 Å². The lowest BCUT2D eigenvalue weighted by atomic mass is 10.2. The third kappa shape index (κ3) is 2.71. The van der Waals surface area contributed by atoms with E-state index in [2.05, 4.69) is 9.97 Å². The zero-order valence-electron chi connectivity index (χ0n) is 11.0. The van der Waals surface area contributed by atoms with Gasteiger partial charge in [0, 0.05) is 12.7 Å². The fourth-order valence-corrected chi connectivity index (χ4v) is 2.14. The van der Waals surface area contributed by atoms with E-state index in [0.29, 0.717) is 22.5 Å². The van der Waals surface area contributed by atoms with Crippen molar-refractivity contribution in [1.82, 2.24) is 9.97 Å². The molecule has 0 radical (unpaired) electrons. The number of nitrogen functional groups attached to an aromatic ring is 1. The maximum atomic E-state index is 6.14. The van der Waals surface area contributed by atoms with Gasteiger partial charge in [-0.3, -0.25) is 0 Å². The van der Waals surface area contributed by atoms with Crippen LogP contribution in [0.15, 0.2) is 24.3 Å². The lowest BCUT2D eigenvalue weighted by Gasteiger charge is -2.21. The normalized spacial score (nSPS) is 10.3. The number of aryl methyl sites for hydroxylation is 1. The molecule has 0 bridgehead atoms. The summed E-state index contributed by atoms with van der Waals surface area (Å²) >= 11 is 6.14. The number of nitrogens with two attached hydrogens (primary N) is 1. The number of nitrogens with zero attached hydrogens (tertiary/aromatic N) is 3. The van der Waals surface area contributed by atoms with Crippen LogP contribution in [0.2, 0.25) is 5.15 Å². The molecule has 19 heavy (non-hydrogen) atoms. The number of halogens is 1. The van der Waals surface area contributed by atoms with Gasteiger partial charge < -0.3 is 15.4 Å². The van der Waals surface area contributed by atoms with Crippen molar-refractivity contribution in [2.24, 2.45) is 0 Å². The number of benzene rings is 1. The quantitative estimate of drug-likeness (QED) is 0.875. The predicted molar refractivity (Wildman–Crippen MR) is 77.2 cm³/mol. The molecule has 0 aliphatic carbocycles. The molecule has 0 unspecified atom stereocenters. The number of rotatable bonds is 3. The molecule has 6 heteroatoms. The van der Waals surface area contributed by atoms with Gasteiger partial charge in [-0.2, -0.15) is 0 Å². The summed E-state index contributed by atoms with van der Waals surface area (Å²) in [5.41, 5.74) is 7.43. The zero-order valence-corrected chi connectivity index (χ0v) is 11.8. The molecule has 0 fully saturated rings. The van der Waals surface area contributed by atoms with Crippen molar-refractivity contribution in [3.63, 3.8) is 0 Å². The fraction of sp³-hybridized carbons (Fsp3) is 0.231. The molecule has 0 aliphatic heterocycles. The van der Waals surface area contributed by atoms with Crippen molar-refractivity contribution in [2.45, 2.75) is 6.92 Å². The second kappa shape index (κ2) is 5.32. The standard InChI is InChI=1S/C13H15ClN4O/c1-8-16-12(14)11(13(15)17-8)18(2)9-4-6-10(19-3)7-5-9/h4-7H,1-3H3,(H2,15,16,17). The molecule has 0 spiro atoms. The summed E-state index contributed by atoms with van der Waals surface area (Å²) in [4.78, 5) is 10.1. The summed E-state index contributed by atoms with van der Waals surface area (Å²) < 4.78 is 5.12. The summed E-state index contributed by atoms with van der Waals surface area (Å²) in [6, 6.07) is 7.55. The van der Waals surface area contributed by atoms with Crippen LogP contribution in [0.5, 0.6) is 5.75 Å². The summed E-state index contributed by atoms with van der Waals surface area (Å²) in [5, 5.41) is 0.336. The molecule has 0 aliphatic rings. The van der Waals surface area contributed by atoms with Gasteiger partial charge in [-0.25, -0.2) is 9.97 Å². The van der Waals surface area contributed by atoms with Crippen molar-refractivity contribution in [2.75, 3.05) is 24.8 Å². The molecule has 2 rings (SSSR count). The van der Waals surface area contributed by atoms with Crippen molar-refractivity contribution in [3.05, 3.63) is 35.2 Å². The van der Waals surface area contributed by atoms with Gasteiger partial charge in [0.2, 0.25) is 0 Å². The third-order valence-corrected chi connectivity index (χ3v) is 3.04. The van der Waals surface area contributed by atoms with Crippen molar-refractivity contribution in [1.29, 1.82) is 0 Å². The van der Waals surface area contributed by atoms with Gasteiger partial charge in [-0.1, -0.05) is 11.6 Å².